The van der Waals surface area contributed by atoms with Gasteiger partial charge in [0.05, 0.1) is 17.8 Å². The molecule has 1 unspecified atom stereocenters. The van der Waals surface area contributed by atoms with Gasteiger partial charge in [0.2, 0.25) is 0 Å². The summed E-state index contributed by atoms with van der Waals surface area (Å²) in [5, 5.41) is 12.8. The number of hydrogen-bond donors (Lipinski definition) is 1. The molecule has 3 heterocycles. The van der Waals surface area contributed by atoms with Gasteiger partial charge in [-0.3, -0.25) is 4.68 Å². The van der Waals surface area contributed by atoms with Crippen LogP contribution in [-0.2, 0) is 12.1 Å². The largest absolute Gasteiger partial charge is 0.320 e. The topological polar surface area (TPSA) is 77.8 Å². The number of rotatable bonds is 6. The fourth-order valence-corrected chi connectivity index (χ4v) is 3.28. The van der Waals surface area contributed by atoms with Crippen molar-refractivity contribution >= 4 is 0 Å². The molecule has 1 aliphatic heterocycles. The van der Waals surface area contributed by atoms with Gasteiger partial charge in [-0.2, -0.15) is 5.10 Å². The van der Waals surface area contributed by atoms with Crippen LogP contribution in [0.25, 0.3) is 0 Å². The van der Waals surface area contributed by atoms with E-state index in [0.717, 1.165) is 44.6 Å². The van der Waals surface area contributed by atoms with E-state index < -0.39 is 5.54 Å². The first kappa shape index (κ1) is 17.1. The molecular weight excluding hydrogens is 302 g/mol. The van der Waals surface area contributed by atoms with Gasteiger partial charge in [0.25, 0.3) is 0 Å². The number of nitrogens with two attached hydrogens (primary N) is 1. The van der Waals surface area contributed by atoms with E-state index in [2.05, 4.69) is 27.2 Å². The quantitative estimate of drug-likeness (QED) is 0.873. The van der Waals surface area contributed by atoms with Gasteiger partial charge in [-0.05, 0) is 46.1 Å². The summed E-state index contributed by atoms with van der Waals surface area (Å²) in [5.74, 6) is 0. The maximum atomic E-state index is 6.10. The van der Waals surface area contributed by atoms with Gasteiger partial charge in [0.1, 0.15) is 5.69 Å². The van der Waals surface area contributed by atoms with Gasteiger partial charge in [0, 0.05) is 38.1 Å². The van der Waals surface area contributed by atoms with Crippen LogP contribution in [0.5, 0.6) is 0 Å². The molecule has 1 fully saturated rings. The lowest BCUT2D eigenvalue weighted by Gasteiger charge is -2.36. The van der Waals surface area contributed by atoms with E-state index in [9.17, 15) is 0 Å². The van der Waals surface area contributed by atoms with Gasteiger partial charge in [0.15, 0.2) is 0 Å². The fraction of sp³-hybridized carbons (Fsp3) is 0.706. The highest BCUT2D eigenvalue weighted by molar-refractivity contribution is 5.06. The molecule has 0 radical (unpaired) electrons. The lowest BCUT2D eigenvalue weighted by Crippen LogP contribution is -2.41. The molecule has 0 spiro atoms. The summed E-state index contributed by atoms with van der Waals surface area (Å²) < 4.78 is 4.02. The highest BCUT2D eigenvalue weighted by Crippen LogP contribution is 2.25. The van der Waals surface area contributed by atoms with E-state index in [1.165, 1.54) is 0 Å². The standard InChI is InChI=1S/C17H29N7/c1-14(5-12-23-9-4-8-19-23)22-10-6-15(7-11-22)24-13-16(20-21-24)17(2,3)18/h4,8-9,13-15H,5-7,10-12,18H2,1-3H3. The van der Waals surface area contributed by atoms with Gasteiger partial charge >= 0.3 is 0 Å². The first-order valence-corrected chi connectivity index (χ1v) is 8.86. The third-order valence-electron chi connectivity index (χ3n) is 5.00. The number of aromatic nitrogens is 5. The second-order valence-electron chi connectivity index (χ2n) is 7.48. The van der Waals surface area contributed by atoms with Crippen LogP contribution in [0.2, 0.25) is 0 Å². The monoisotopic (exact) mass is 331 g/mol. The number of likely N-dealkylation sites (tertiary alicyclic amines) is 1. The zero-order chi connectivity index (χ0) is 17.2. The molecule has 2 aromatic heterocycles. The first-order chi connectivity index (χ1) is 11.4. The predicted octanol–water partition coefficient (Wildman–Crippen LogP) is 1.78. The maximum absolute atomic E-state index is 6.10. The highest BCUT2D eigenvalue weighted by atomic mass is 15.4. The maximum Gasteiger partial charge on any atom is 0.102 e. The van der Waals surface area contributed by atoms with Crippen LogP contribution >= 0.6 is 0 Å². The van der Waals surface area contributed by atoms with Gasteiger partial charge < -0.3 is 10.6 Å². The number of nitrogens with zero attached hydrogens (tertiary/aromatic N) is 6. The van der Waals surface area contributed by atoms with Crippen LogP contribution < -0.4 is 5.73 Å². The van der Waals surface area contributed by atoms with Crippen molar-refractivity contribution in [3.8, 4) is 0 Å². The zero-order valence-corrected chi connectivity index (χ0v) is 15.0. The van der Waals surface area contributed by atoms with Crippen LogP contribution in [0.1, 0.15) is 51.8 Å². The van der Waals surface area contributed by atoms with Crippen molar-refractivity contribution in [2.24, 2.45) is 5.73 Å². The Hall–Kier alpha value is -1.73. The second kappa shape index (κ2) is 7.03. The molecule has 132 valence electrons. The summed E-state index contributed by atoms with van der Waals surface area (Å²) in [4.78, 5) is 2.57. The summed E-state index contributed by atoms with van der Waals surface area (Å²) >= 11 is 0. The molecule has 1 saturated heterocycles. The van der Waals surface area contributed by atoms with E-state index in [0.29, 0.717) is 12.1 Å². The second-order valence-corrected chi connectivity index (χ2v) is 7.48. The average Bonchev–Trinajstić information content (AvgIpc) is 3.23. The lowest BCUT2D eigenvalue weighted by molar-refractivity contribution is 0.129. The molecule has 0 aromatic carbocycles. The minimum atomic E-state index is -0.431. The van der Waals surface area contributed by atoms with E-state index in [1.54, 1.807) is 0 Å². The Morgan fingerprint density at radius 2 is 2.08 bits per heavy atom. The molecule has 7 heteroatoms. The van der Waals surface area contributed by atoms with Crippen molar-refractivity contribution in [2.45, 2.75) is 64.2 Å². The molecular formula is C17H29N7. The molecule has 0 saturated carbocycles. The Bertz CT molecular complexity index is 618. The van der Waals surface area contributed by atoms with Crippen molar-refractivity contribution in [3.05, 3.63) is 30.4 Å². The molecule has 2 N–H and O–H groups in total. The van der Waals surface area contributed by atoms with E-state index >= 15 is 0 Å². The van der Waals surface area contributed by atoms with Gasteiger partial charge in [-0.25, -0.2) is 4.68 Å². The highest BCUT2D eigenvalue weighted by Gasteiger charge is 2.26. The Labute approximate surface area is 143 Å². The molecule has 1 atom stereocenters. The third kappa shape index (κ3) is 4.02. The van der Waals surface area contributed by atoms with E-state index in [-0.39, 0.29) is 0 Å². The van der Waals surface area contributed by atoms with Crippen LogP contribution in [0.15, 0.2) is 24.7 Å². The summed E-state index contributed by atoms with van der Waals surface area (Å²) in [6.45, 7) is 9.43. The molecule has 24 heavy (non-hydrogen) atoms. The fourth-order valence-electron chi connectivity index (χ4n) is 3.28. The minimum Gasteiger partial charge on any atom is -0.320 e. The molecule has 3 rings (SSSR count). The van der Waals surface area contributed by atoms with Gasteiger partial charge in [-0.1, -0.05) is 5.21 Å². The summed E-state index contributed by atoms with van der Waals surface area (Å²) in [6, 6.07) is 2.98. The average molecular weight is 331 g/mol. The summed E-state index contributed by atoms with van der Waals surface area (Å²) in [7, 11) is 0. The Morgan fingerprint density at radius 3 is 2.67 bits per heavy atom. The molecule has 0 aliphatic carbocycles. The Balaban J connectivity index is 1.49. The van der Waals surface area contributed by atoms with Crippen LogP contribution in [0.3, 0.4) is 0 Å². The number of aryl methyl sites for hydroxylation is 1. The lowest BCUT2D eigenvalue weighted by atomic mass is 10.0. The predicted molar refractivity (Wildman–Crippen MR) is 93.4 cm³/mol. The first-order valence-electron chi connectivity index (χ1n) is 8.86. The SMILES string of the molecule is CC(CCn1cccn1)N1CCC(n2cc(C(C)(C)N)nn2)CC1. The Kier molecular flexibility index (Phi) is 5.01. The van der Waals surface area contributed by atoms with Crippen molar-refractivity contribution in [2.75, 3.05) is 13.1 Å². The summed E-state index contributed by atoms with van der Waals surface area (Å²) in [5.41, 5.74) is 6.53. The molecule has 0 bridgehead atoms. The van der Waals surface area contributed by atoms with Crippen molar-refractivity contribution in [3.63, 3.8) is 0 Å². The van der Waals surface area contributed by atoms with E-state index in [1.807, 2.05) is 47.9 Å². The summed E-state index contributed by atoms with van der Waals surface area (Å²) in [6.07, 6.45) is 9.23. The van der Waals surface area contributed by atoms with Crippen molar-refractivity contribution < 1.29 is 0 Å². The van der Waals surface area contributed by atoms with Crippen molar-refractivity contribution in [1.29, 1.82) is 0 Å². The smallest absolute Gasteiger partial charge is 0.102 e. The molecule has 7 nitrogen and oxygen atoms in total. The van der Waals surface area contributed by atoms with Crippen molar-refractivity contribution in [1.82, 2.24) is 29.7 Å². The zero-order valence-electron chi connectivity index (χ0n) is 15.0. The van der Waals surface area contributed by atoms with Gasteiger partial charge in [-0.15, -0.1) is 5.10 Å². The number of hydrogen-bond acceptors (Lipinski definition) is 5. The minimum absolute atomic E-state index is 0.431. The van der Waals surface area contributed by atoms with Crippen LogP contribution in [-0.4, -0.2) is 48.8 Å². The normalized spacial score (nSPS) is 18.8. The Morgan fingerprint density at radius 1 is 1.33 bits per heavy atom. The third-order valence-corrected chi connectivity index (χ3v) is 5.00. The van der Waals surface area contributed by atoms with Crippen LogP contribution in [0, 0.1) is 0 Å². The van der Waals surface area contributed by atoms with Crippen LogP contribution in [0.4, 0.5) is 0 Å². The molecule has 2 aromatic rings. The number of piperidine rings is 1. The molecule has 1 aliphatic rings. The van der Waals surface area contributed by atoms with E-state index in [4.69, 9.17) is 5.73 Å². The molecule has 0 amide bonds.